The third kappa shape index (κ3) is 8.77. The predicted molar refractivity (Wildman–Crippen MR) is 247 cm³/mol. The minimum Gasteiger partial charge on any atom is -0.305 e. The van der Waals surface area contributed by atoms with Crippen molar-refractivity contribution in [2.45, 2.75) is 67.5 Å². The van der Waals surface area contributed by atoms with Gasteiger partial charge in [0.2, 0.25) is 0 Å². The van der Waals surface area contributed by atoms with Gasteiger partial charge < -0.3 is 4.98 Å². The van der Waals surface area contributed by atoms with Crippen molar-refractivity contribution < 1.29 is 31.4 Å². The number of hydrogen-bond acceptors (Lipinski definition) is 3. The monoisotopic (exact) mass is 1070 g/mol. The molecule has 3 aromatic heterocycles. The van der Waals surface area contributed by atoms with Gasteiger partial charge >= 0.3 is 206 Å². The molecule has 1 aliphatic rings. The zero-order valence-corrected chi connectivity index (χ0v) is 40.8. The molecular weight excluding hydrogens is 1010 g/mol. The van der Waals surface area contributed by atoms with Crippen molar-refractivity contribution in [3.63, 3.8) is 0 Å². The summed E-state index contributed by atoms with van der Waals surface area (Å²) in [4.78, 5) is 8.89. The normalized spacial score (nSPS) is 16.0. The maximum atomic E-state index is 8.71. The fourth-order valence-corrected chi connectivity index (χ4v) is 38.4. The molecule has 0 aliphatic carbocycles. The van der Waals surface area contributed by atoms with Gasteiger partial charge in [-0.2, -0.15) is 0 Å². The second-order valence-corrected chi connectivity index (χ2v) is 37.6. The van der Waals surface area contributed by atoms with Crippen LogP contribution in [0, 0.1) is 24.4 Å². The summed E-state index contributed by atoms with van der Waals surface area (Å²) >= 11 is -4.15. The Balaban J connectivity index is 0.000000394. The van der Waals surface area contributed by atoms with Gasteiger partial charge in [-0.05, 0) is 36.0 Å². The van der Waals surface area contributed by atoms with Crippen molar-refractivity contribution in [3.05, 3.63) is 157 Å². The van der Waals surface area contributed by atoms with Gasteiger partial charge in [-0.15, -0.1) is 35.9 Å². The summed E-state index contributed by atoms with van der Waals surface area (Å²) in [6, 6.07) is 46.6. The molecule has 1 aliphatic heterocycles. The van der Waals surface area contributed by atoms with E-state index in [1.54, 1.807) is 45.3 Å². The number of aryl methyl sites for hydroxylation is 1. The molecule has 0 saturated heterocycles. The van der Waals surface area contributed by atoms with Gasteiger partial charge in [-0.3, -0.25) is 0 Å². The first-order chi connectivity index (χ1) is 29.3. The molecule has 6 heteroatoms. The Hall–Kier alpha value is -4.06. The number of fused-ring (bicyclic) bond motifs is 4. The summed E-state index contributed by atoms with van der Waals surface area (Å²) in [7, 11) is 0. The van der Waals surface area contributed by atoms with E-state index in [1.807, 2.05) is 75.4 Å². The minimum atomic E-state index is -2.39. The number of benzene rings is 5. The Morgan fingerprint density at radius 2 is 1.43 bits per heavy atom. The molecule has 0 unspecified atom stereocenters. The predicted octanol–water partition coefficient (Wildman–Crippen LogP) is 13.1. The van der Waals surface area contributed by atoms with Crippen molar-refractivity contribution in [2.24, 2.45) is 5.41 Å². The molecule has 1 radical (unpaired) electrons. The van der Waals surface area contributed by atoms with Crippen LogP contribution in [-0.2, 0) is 26.5 Å². The molecule has 0 amide bonds. The van der Waals surface area contributed by atoms with Gasteiger partial charge in [0.15, 0.2) is 0 Å². The fourth-order valence-electron chi connectivity index (χ4n) is 8.01. The number of para-hydroxylation sites is 1. The number of nitrogens with zero attached hydrogens (tertiary/aromatic N) is 2. The maximum absolute atomic E-state index is 8.71. The van der Waals surface area contributed by atoms with Gasteiger partial charge in [-0.1, -0.05) is 57.2 Å². The Kier molecular flexibility index (Phi) is 10.4. The van der Waals surface area contributed by atoms with E-state index in [4.69, 9.17) is 11.3 Å². The van der Waals surface area contributed by atoms with Crippen molar-refractivity contribution in [2.75, 3.05) is 0 Å². The van der Waals surface area contributed by atoms with E-state index in [-0.39, 0.29) is 25.7 Å². The van der Waals surface area contributed by atoms with Crippen LogP contribution < -0.4 is 8.79 Å². The van der Waals surface area contributed by atoms with Crippen molar-refractivity contribution >= 4 is 57.3 Å². The topological polar surface area (TPSA) is 38.9 Å². The van der Waals surface area contributed by atoms with Crippen LogP contribution in [-0.4, -0.2) is 36.5 Å². The van der Waals surface area contributed by atoms with E-state index < -0.39 is 45.2 Å². The van der Waals surface area contributed by atoms with Gasteiger partial charge in [0.1, 0.15) is 0 Å². The molecule has 295 valence electrons. The summed E-state index contributed by atoms with van der Waals surface area (Å²) in [6.07, 6.45) is 1.66. The van der Waals surface area contributed by atoms with Crippen LogP contribution in [0.25, 0.3) is 66.7 Å². The average molecular weight is 1060 g/mol. The molecular formula is C52H52Ge2IrN2O-2. The van der Waals surface area contributed by atoms with Crippen LogP contribution in [0.5, 0.6) is 0 Å². The van der Waals surface area contributed by atoms with Gasteiger partial charge in [-0.25, -0.2) is 0 Å². The number of aromatic nitrogens is 2. The van der Waals surface area contributed by atoms with Crippen molar-refractivity contribution in [1.29, 1.82) is 0 Å². The SMILES string of the molecule is [2H]C([2H])([2H])c1cnc(-c2[c-]ccc3c2oc2c(-c4cc[c]5[c](c4)[Ge]([CH3])([CH3])[CH2][CH2][Ge]5([CH3])[CH3])cccc23)cc1-c1ccc(C([2H])([2H])C(C)(C)C)cc1.[Ir].[c-]1ccccc1-c1ccccn1. The summed E-state index contributed by atoms with van der Waals surface area (Å²) < 4.78 is 52.4. The molecule has 0 fully saturated rings. The Bertz CT molecular complexity index is 2870. The van der Waals surface area contributed by atoms with Crippen LogP contribution in [0.3, 0.4) is 0 Å². The molecule has 3 nitrogen and oxygen atoms in total. The first kappa shape index (κ1) is 35.8. The fraction of sp³-hybridized carbons (Fsp3) is 0.231. The first-order valence-corrected chi connectivity index (χ1v) is 33.2. The summed E-state index contributed by atoms with van der Waals surface area (Å²) in [5, 5.41) is 4.82. The van der Waals surface area contributed by atoms with Crippen LogP contribution in [0.1, 0.15) is 38.8 Å². The van der Waals surface area contributed by atoms with Gasteiger partial charge in [0.05, 0.1) is 0 Å². The second kappa shape index (κ2) is 16.9. The van der Waals surface area contributed by atoms with E-state index >= 15 is 0 Å². The van der Waals surface area contributed by atoms with Crippen molar-refractivity contribution in [1.82, 2.24) is 9.97 Å². The second-order valence-electron chi connectivity index (χ2n) is 17.5. The molecule has 0 spiro atoms. The zero-order chi connectivity index (χ0) is 44.2. The van der Waals surface area contributed by atoms with Gasteiger partial charge in [0, 0.05) is 33.2 Å². The molecule has 9 rings (SSSR count). The zero-order valence-electron chi connectivity index (χ0n) is 39.3. The van der Waals surface area contributed by atoms with Crippen LogP contribution >= 0.6 is 0 Å². The molecule has 58 heavy (non-hydrogen) atoms. The van der Waals surface area contributed by atoms with Crippen LogP contribution in [0.2, 0.25) is 33.5 Å². The molecule has 0 saturated carbocycles. The van der Waals surface area contributed by atoms with E-state index in [0.717, 1.165) is 33.2 Å². The smallest absolute Gasteiger partial charge is 0.305 e. The Labute approximate surface area is 370 Å². The third-order valence-corrected chi connectivity index (χ3v) is 28.6. The Morgan fingerprint density at radius 3 is 2.14 bits per heavy atom. The summed E-state index contributed by atoms with van der Waals surface area (Å²) in [5.74, 6) is 10.2. The molecule has 8 aromatic rings. The summed E-state index contributed by atoms with van der Waals surface area (Å²) in [5.41, 5.74) is 8.27. The quantitative estimate of drug-likeness (QED) is 0.127. The molecule has 5 aromatic carbocycles. The average Bonchev–Trinajstić information content (AvgIpc) is 3.65. The molecule has 0 bridgehead atoms. The van der Waals surface area contributed by atoms with E-state index in [1.165, 1.54) is 22.3 Å². The van der Waals surface area contributed by atoms with Crippen molar-refractivity contribution in [3.8, 4) is 44.8 Å². The molecule has 0 atom stereocenters. The van der Waals surface area contributed by atoms with Crippen LogP contribution in [0.15, 0.2) is 138 Å². The van der Waals surface area contributed by atoms with E-state index in [9.17, 15) is 0 Å². The minimum absolute atomic E-state index is 0. The van der Waals surface area contributed by atoms with Crippen LogP contribution in [0.4, 0.5) is 0 Å². The number of pyridine rings is 2. The Morgan fingerprint density at radius 1 is 0.690 bits per heavy atom. The number of rotatable bonds is 5. The first-order valence-electron chi connectivity index (χ1n) is 22.3. The third-order valence-electron chi connectivity index (χ3n) is 11.1. The molecule has 0 N–H and O–H groups in total. The standard InChI is InChI=1S/C41H44Ge2NO.C11H8N.Ir/c1-27-26-44-38(24-35(27)29-17-15-28(16-18-29)25-41(2,3)4)34-14-10-13-33-32-12-9-11-31(39(32)45-40(33)34)30-19-20-36-37(23-30)43(7,8)22-21-42(36,5)6;1-2-6-10(7-3-1)11-8-4-5-9-12-11;/h9-13,15-20,23-24,26H,21-22,25H2,1-8H3;1-6,8-9H;/q2*-1;/i1D3,25D2;;. The number of hydrogen-bond donors (Lipinski definition) is 0. The van der Waals surface area contributed by atoms with E-state index in [2.05, 4.69) is 81.5 Å². The number of furan rings is 1. The summed E-state index contributed by atoms with van der Waals surface area (Å²) in [6.45, 7) is 3.23. The van der Waals surface area contributed by atoms with Gasteiger partial charge in [0.25, 0.3) is 0 Å². The van der Waals surface area contributed by atoms with E-state index in [0.29, 0.717) is 33.5 Å². The molecule has 4 heterocycles.